The Morgan fingerprint density at radius 2 is 1.63 bits per heavy atom. The monoisotopic (exact) mass is 530 g/mol. The van der Waals surface area contributed by atoms with Gasteiger partial charge in [-0.25, -0.2) is 4.98 Å². The molecule has 1 saturated heterocycles. The van der Waals surface area contributed by atoms with Gasteiger partial charge in [-0.3, -0.25) is 14.5 Å². The molecule has 194 valence electrons. The highest BCUT2D eigenvalue weighted by Gasteiger charge is 2.48. The minimum atomic E-state index is -0.913. The summed E-state index contributed by atoms with van der Waals surface area (Å²) < 4.78 is 17.3. The van der Waals surface area contributed by atoms with Gasteiger partial charge in [0, 0.05) is 5.56 Å². The van der Waals surface area contributed by atoms with Gasteiger partial charge in [-0.15, -0.1) is 0 Å². The van der Waals surface area contributed by atoms with Gasteiger partial charge in [-0.1, -0.05) is 23.5 Å². The summed E-state index contributed by atoms with van der Waals surface area (Å²) in [6.07, 6.45) is 0. The van der Waals surface area contributed by atoms with E-state index < -0.39 is 17.7 Å². The fraction of sp³-hybridized carbons (Fsp3) is 0.207. The Kier molecular flexibility index (Phi) is 7.02. The van der Waals surface area contributed by atoms with E-state index in [-0.39, 0.29) is 11.3 Å². The molecule has 0 bridgehead atoms. The number of hydrogen-bond donors (Lipinski definition) is 1. The largest absolute Gasteiger partial charge is 0.507 e. The molecule has 0 spiro atoms. The first-order valence-electron chi connectivity index (χ1n) is 12.2. The molecule has 3 aromatic carbocycles. The number of thiazole rings is 1. The smallest absolute Gasteiger partial charge is 0.301 e. The highest BCUT2D eigenvalue weighted by atomic mass is 32.1. The number of carbonyl (C=O) groups excluding carboxylic acids is 2. The summed E-state index contributed by atoms with van der Waals surface area (Å²) in [7, 11) is 1.54. The van der Waals surface area contributed by atoms with E-state index in [4.69, 9.17) is 14.2 Å². The van der Waals surface area contributed by atoms with Crippen LogP contribution < -0.4 is 19.1 Å². The van der Waals surface area contributed by atoms with Crippen molar-refractivity contribution in [2.75, 3.05) is 25.2 Å². The van der Waals surface area contributed by atoms with Crippen LogP contribution in [0.25, 0.3) is 16.0 Å². The maximum absolute atomic E-state index is 13.5. The number of aromatic nitrogens is 1. The molecule has 0 radical (unpaired) electrons. The topological polar surface area (TPSA) is 98.2 Å². The van der Waals surface area contributed by atoms with Crippen molar-refractivity contribution in [2.24, 2.45) is 0 Å². The zero-order valence-corrected chi connectivity index (χ0v) is 22.0. The third-order valence-corrected chi connectivity index (χ3v) is 7.18. The first-order chi connectivity index (χ1) is 18.4. The van der Waals surface area contributed by atoms with Crippen LogP contribution in [0.1, 0.15) is 31.0 Å². The number of benzene rings is 3. The standard InChI is InChI=1S/C29H26N2O6S/c1-4-36-20-8-6-7-18(15-20)25-24(26(32)17-9-11-19(35-3)12-10-17)27(33)28(34)31(25)29-30-22-14-13-21(37-5-2)16-23(22)38-29/h6-16,25,32H,4-5H2,1-3H3/b26-24+. The molecule has 2 heterocycles. The highest BCUT2D eigenvalue weighted by molar-refractivity contribution is 7.22. The molecule has 1 atom stereocenters. The van der Waals surface area contributed by atoms with Gasteiger partial charge in [-0.05, 0) is 74.0 Å². The van der Waals surface area contributed by atoms with E-state index in [1.54, 1.807) is 55.6 Å². The normalized spacial score (nSPS) is 16.7. The van der Waals surface area contributed by atoms with Crippen LogP contribution in [0.2, 0.25) is 0 Å². The number of carbonyl (C=O) groups is 2. The molecular formula is C29H26N2O6S. The van der Waals surface area contributed by atoms with Crippen molar-refractivity contribution in [1.82, 2.24) is 4.98 Å². The Labute approximate surface area is 223 Å². The fourth-order valence-corrected chi connectivity index (χ4v) is 5.46. The molecule has 38 heavy (non-hydrogen) atoms. The molecule has 1 aromatic heterocycles. The van der Waals surface area contributed by atoms with Gasteiger partial charge in [0.1, 0.15) is 23.0 Å². The molecule has 1 amide bonds. The predicted octanol–water partition coefficient (Wildman–Crippen LogP) is 5.73. The molecule has 1 aliphatic heterocycles. The third-order valence-electron chi connectivity index (χ3n) is 6.16. The summed E-state index contributed by atoms with van der Waals surface area (Å²) in [5.41, 5.74) is 1.65. The van der Waals surface area contributed by atoms with E-state index in [2.05, 4.69) is 4.98 Å². The lowest BCUT2D eigenvalue weighted by molar-refractivity contribution is -0.132. The summed E-state index contributed by atoms with van der Waals surface area (Å²) in [6.45, 7) is 4.75. The van der Waals surface area contributed by atoms with Gasteiger partial charge in [0.15, 0.2) is 5.13 Å². The van der Waals surface area contributed by atoms with E-state index in [1.807, 2.05) is 32.0 Å². The lowest BCUT2D eigenvalue weighted by Gasteiger charge is -2.23. The number of nitrogens with zero attached hydrogens (tertiary/aromatic N) is 2. The van der Waals surface area contributed by atoms with Crippen molar-refractivity contribution in [2.45, 2.75) is 19.9 Å². The fourth-order valence-electron chi connectivity index (χ4n) is 4.44. The van der Waals surface area contributed by atoms with Crippen molar-refractivity contribution in [3.05, 3.63) is 83.4 Å². The van der Waals surface area contributed by atoms with Crippen molar-refractivity contribution in [3.8, 4) is 17.2 Å². The van der Waals surface area contributed by atoms with E-state index >= 15 is 0 Å². The number of aliphatic hydroxyl groups is 1. The lowest BCUT2D eigenvalue weighted by Crippen LogP contribution is -2.29. The Balaban J connectivity index is 1.68. The summed E-state index contributed by atoms with van der Waals surface area (Å²) >= 11 is 1.28. The molecular weight excluding hydrogens is 504 g/mol. The zero-order valence-electron chi connectivity index (χ0n) is 21.1. The molecule has 0 aliphatic carbocycles. The molecule has 4 aromatic rings. The van der Waals surface area contributed by atoms with Gasteiger partial charge in [0.2, 0.25) is 0 Å². The molecule has 1 unspecified atom stereocenters. The van der Waals surface area contributed by atoms with Crippen LogP contribution in [0.15, 0.2) is 72.3 Å². The zero-order chi connectivity index (χ0) is 26.8. The Morgan fingerprint density at radius 1 is 0.947 bits per heavy atom. The average Bonchev–Trinajstić information content (AvgIpc) is 3.46. The van der Waals surface area contributed by atoms with E-state index in [9.17, 15) is 14.7 Å². The van der Waals surface area contributed by atoms with Crippen molar-refractivity contribution in [3.63, 3.8) is 0 Å². The number of aliphatic hydroxyl groups excluding tert-OH is 1. The number of ketones is 1. The number of ether oxygens (including phenoxy) is 3. The van der Waals surface area contributed by atoms with E-state index in [0.717, 1.165) is 4.70 Å². The summed E-state index contributed by atoms with van der Waals surface area (Å²) in [5, 5.41) is 11.7. The third kappa shape index (κ3) is 4.56. The maximum Gasteiger partial charge on any atom is 0.301 e. The highest BCUT2D eigenvalue weighted by Crippen LogP contribution is 2.45. The molecule has 0 saturated carbocycles. The van der Waals surface area contributed by atoms with Crippen molar-refractivity contribution >= 4 is 44.1 Å². The van der Waals surface area contributed by atoms with Gasteiger partial charge < -0.3 is 19.3 Å². The summed E-state index contributed by atoms with van der Waals surface area (Å²) in [6, 6.07) is 18.4. The predicted molar refractivity (Wildman–Crippen MR) is 146 cm³/mol. The number of amides is 1. The number of Topliss-reactive ketones (excluding diaryl/α,β-unsaturated/α-hetero) is 1. The molecule has 1 N–H and O–H groups in total. The number of anilines is 1. The SMILES string of the molecule is CCOc1cccc(C2/C(=C(\O)c3ccc(OC)cc3)C(=O)C(=O)N2c2nc3ccc(OCC)cc3s2)c1. The number of methoxy groups -OCH3 is 1. The minimum Gasteiger partial charge on any atom is -0.507 e. The van der Waals surface area contributed by atoms with Gasteiger partial charge in [0.05, 0.1) is 42.2 Å². The van der Waals surface area contributed by atoms with Crippen LogP contribution >= 0.6 is 11.3 Å². The molecule has 5 rings (SSSR count). The lowest BCUT2D eigenvalue weighted by atomic mass is 9.95. The van der Waals surface area contributed by atoms with Crippen LogP contribution in [-0.2, 0) is 9.59 Å². The van der Waals surface area contributed by atoms with Crippen LogP contribution in [0, 0.1) is 0 Å². The second-order valence-electron chi connectivity index (χ2n) is 8.46. The first-order valence-corrected chi connectivity index (χ1v) is 13.0. The van der Waals surface area contributed by atoms with Crippen LogP contribution in [-0.4, -0.2) is 42.1 Å². The first kappa shape index (κ1) is 25.3. The van der Waals surface area contributed by atoms with Gasteiger partial charge in [0.25, 0.3) is 5.78 Å². The second kappa shape index (κ2) is 10.5. The average molecular weight is 531 g/mol. The molecule has 8 nitrogen and oxygen atoms in total. The number of rotatable bonds is 8. The molecule has 1 aliphatic rings. The van der Waals surface area contributed by atoms with E-state index in [0.29, 0.717) is 52.2 Å². The van der Waals surface area contributed by atoms with Crippen LogP contribution in [0.5, 0.6) is 17.2 Å². The number of fused-ring (bicyclic) bond motifs is 1. The van der Waals surface area contributed by atoms with Crippen molar-refractivity contribution in [1.29, 1.82) is 0 Å². The Hall–Kier alpha value is -4.37. The summed E-state index contributed by atoms with van der Waals surface area (Å²) in [4.78, 5) is 33.0. The molecule has 9 heteroatoms. The summed E-state index contributed by atoms with van der Waals surface area (Å²) in [5.74, 6) is 0.0442. The minimum absolute atomic E-state index is 0.0249. The van der Waals surface area contributed by atoms with Crippen LogP contribution in [0.4, 0.5) is 5.13 Å². The van der Waals surface area contributed by atoms with Gasteiger partial charge >= 0.3 is 5.91 Å². The molecule has 1 fully saturated rings. The second-order valence-corrected chi connectivity index (χ2v) is 9.47. The van der Waals surface area contributed by atoms with Gasteiger partial charge in [-0.2, -0.15) is 0 Å². The van der Waals surface area contributed by atoms with Crippen molar-refractivity contribution < 1.29 is 28.9 Å². The van der Waals surface area contributed by atoms with Crippen LogP contribution in [0.3, 0.4) is 0 Å². The number of hydrogen-bond acceptors (Lipinski definition) is 8. The Bertz CT molecular complexity index is 1540. The Morgan fingerprint density at radius 3 is 2.32 bits per heavy atom. The maximum atomic E-state index is 13.5. The van der Waals surface area contributed by atoms with E-state index in [1.165, 1.54) is 16.2 Å². The quantitative estimate of drug-likeness (QED) is 0.177.